The van der Waals surface area contributed by atoms with Crippen molar-refractivity contribution in [3.8, 4) is 0 Å². The van der Waals surface area contributed by atoms with Crippen LogP contribution in [0.15, 0.2) is 37.8 Å². The topological polar surface area (TPSA) is 44.6 Å². The molecule has 0 aromatic heterocycles. The van der Waals surface area contributed by atoms with E-state index in [9.17, 15) is 5.11 Å². The van der Waals surface area contributed by atoms with Crippen molar-refractivity contribution in [2.45, 2.75) is 60.5 Å². The SMILES string of the molecule is CC(C)(C)C1C=C(/C=N/CCNCC2C=C(Br)C=C(Br)C2)C(O)C(C(C)(C)C)C1. The van der Waals surface area contributed by atoms with E-state index >= 15 is 0 Å². The van der Waals surface area contributed by atoms with Gasteiger partial charge in [-0.05, 0) is 57.6 Å². The molecule has 0 saturated heterocycles. The van der Waals surface area contributed by atoms with Gasteiger partial charge in [-0.25, -0.2) is 0 Å². The van der Waals surface area contributed by atoms with Crippen LogP contribution in [-0.4, -0.2) is 37.1 Å². The Morgan fingerprint density at radius 2 is 1.83 bits per heavy atom. The van der Waals surface area contributed by atoms with Crippen molar-refractivity contribution in [3.05, 3.63) is 32.8 Å². The Hall–Kier alpha value is -0.230. The summed E-state index contributed by atoms with van der Waals surface area (Å²) in [5.74, 6) is 1.20. The molecule has 0 saturated carbocycles. The van der Waals surface area contributed by atoms with Crippen molar-refractivity contribution in [2.24, 2.45) is 33.6 Å². The van der Waals surface area contributed by atoms with Gasteiger partial charge >= 0.3 is 0 Å². The number of aliphatic hydroxyl groups excluding tert-OH is 1. The molecule has 0 fully saturated rings. The molecule has 0 aromatic carbocycles. The molecule has 0 radical (unpaired) electrons. The van der Waals surface area contributed by atoms with Crippen molar-refractivity contribution >= 4 is 38.1 Å². The Kier molecular flexibility index (Phi) is 8.97. The molecule has 29 heavy (non-hydrogen) atoms. The summed E-state index contributed by atoms with van der Waals surface area (Å²) in [5.41, 5.74) is 1.25. The maximum Gasteiger partial charge on any atom is 0.0835 e. The first-order chi connectivity index (χ1) is 13.4. The molecule has 0 amide bonds. The lowest BCUT2D eigenvalue weighted by molar-refractivity contribution is 0.0345. The van der Waals surface area contributed by atoms with E-state index in [2.05, 4.69) is 102 Å². The number of nitrogens with zero attached hydrogens (tertiary/aromatic N) is 1. The fourth-order valence-electron chi connectivity index (χ4n) is 4.11. The fraction of sp³-hybridized carbons (Fsp3) is 0.708. The van der Waals surface area contributed by atoms with Crippen LogP contribution < -0.4 is 5.32 Å². The summed E-state index contributed by atoms with van der Waals surface area (Å²) in [5, 5.41) is 14.5. The number of hydrogen-bond acceptors (Lipinski definition) is 3. The molecule has 0 aromatic rings. The molecule has 2 N–H and O–H groups in total. The van der Waals surface area contributed by atoms with Crippen LogP contribution in [0.3, 0.4) is 0 Å². The Balaban J connectivity index is 1.90. The Morgan fingerprint density at radius 3 is 2.41 bits per heavy atom. The summed E-state index contributed by atoms with van der Waals surface area (Å²) < 4.78 is 2.37. The molecule has 3 nitrogen and oxygen atoms in total. The average molecular weight is 530 g/mol. The van der Waals surface area contributed by atoms with Crippen LogP contribution >= 0.6 is 31.9 Å². The molecule has 5 heteroatoms. The zero-order chi connectivity index (χ0) is 21.8. The van der Waals surface area contributed by atoms with Gasteiger partial charge in [0.15, 0.2) is 0 Å². The predicted octanol–water partition coefficient (Wildman–Crippen LogP) is 6.24. The summed E-state index contributed by atoms with van der Waals surface area (Å²) in [6.45, 7) is 16.1. The summed E-state index contributed by atoms with van der Waals surface area (Å²) in [4.78, 5) is 4.63. The highest BCUT2D eigenvalue weighted by Gasteiger charge is 2.40. The third-order valence-corrected chi connectivity index (χ3v) is 7.11. The summed E-state index contributed by atoms with van der Waals surface area (Å²) in [6, 6.07) is 0. The zero-order valence-electron chi connectivity index (χ0n) is 18.8. The highest BCUT2D eigenvalue weighted by Crippen LogP contribution is 2.45. The molecule has 0 bridgehead atoms. The third kappa shape index (κ3) is 7.75. The molecule has 0 heterocycles. The molecule has 2 rings (SSSR count). The van der Waals surface area contributed by atoms with Gasteiger partial charge in [-0.3, -0.25) is 4.99 Å². The summed E-state index contributed by atoms with van der Waals surface area (Å²) in [6.07, 6.45) is 10.2. The second-order valence-electron chi connectivity index (χ2n) is 10.6. The minimum Gasteiger partial charge on any atom is -0.388 e. The first-order valence-corrected chi connectivity index (χ1v) is 12.3. The molecule has 2 aliphatic rings. The third-order valence-electron chi connectivity index (χ3n) is 6.06. The Morgan fingerprint density at radius 1 is 1.14 bits per heavy atom. The van der Waals surface area contributed by atoms with Crippen molar-refractivity contribution in [1.29, 1.82) is 0 Å². The van der Waals surface area contributed by atoms with Crippen LogP contribution in [0.25, 0.3) is 0 Å². The van der Waals surface area contributed by atoms with Crippen LogP contribution in [0.5, 0.6) is 0 Å². The number of halogens is 2. The second-order valence-corrected chi connectivity index (χ2v) is 12.6. The lowest BCUT2D eigenvalue weighted by Gasteiger charge is -2.43. The summed E-state index contributed by atoms with van der Waals surface area (Å²) >= 11 is 7.16. The van der Waals surface area contributed by atoms with Gasteiger partial charge in [-0.15, -0.1) is 0 Å². The molecular weight excluding hydrogens is 492 g/mol. The van der Waals surface area contributed by atoms with Gasteiger partial charge in [0, 0.05) is 23.8 Å². The molecule has 164 valence electrons. The molecular formula is C24H38Br2N2O. The quantitative estimate of drug-likeness (QED) is 0.316. The van der Waals surface area contributed by atoms with E-state index in [1.54, 1.807) is 0 Å². The van der Waals surface area contributed by atoms with Crippen LogP contribution in [0, 0.1) is 28.6 Å². The van der Waals surface area contributed by atoms with E-state index in [1.165, 1.54) is 4.48 Å². The van der Waals surface area contributed by atoms with Crippen LogP contribution in [0.4, 0.5) is 0 Å². The number of hydrogen-bond donors (Lipinski definition) is 2. The number of allylic oxidation sites excluding steroid dienone is 4. The molecule has 0 aliphatic heterocycles. The molecule has 4 unspecified atom stereocenters. The summed E-state index contributed by atoms with van der Waals surface area (Å²) in [7, 11) is 0. The lowest BCUT2D eigenvalue weighted by atomic mass is 9.63. The normalized spacial score (nSPS) is 28.9. The molecule has 0 spiro atoms. The van der Waals surface area contributed by atoms with Crippen molar-refractivity contribution in [3.63, 3.8) is 0 Å². The average Bonchev–Trinajstić information content (AvgIpc) is 2.56. The Bertz CT molecular complexity index is 680. The highest BCUT2D eigenvalue weighted by atomic mass is 79.9. The second kappa shape index (κ2) is 10.4. The lowest BCUT2D eigenvalue weighted by Crippen LogP contribution is -2.41. The van der Waals surface area contributed by atoms with E-state index in [1.807, 2.05) is 6.21 Å². The fourth-order valence-corrected chi connectivity index (χ4v) is 5.73. The van der Waals surface area contributed by atoms with Crippen molar-refractivity contribution < 1.29 is 5.11 Å². The highest BCUT2D eigenvalue weighted by molar-refractivity contribution is 9.12. The van der Waals surface area contributed by atoms with Gasteiger partial charge in [-0.2, -0.15) is 0 Å². The van der Waals surface area contributed by atoms with E-state index in [-0.39, 0.29) is 16.7 Å². The van der Waals surface area contributed by atoms with Crippen LogP contribution in [0.1, 0.15) is 54.4 Å². The van der Waals surface area contributed by atoms with Crippen molar-refractivity contribution in [1.82, 2.24) is 5.32 Å². The largest absolute Gasteiger partial charge is 0.388 e. The predicted molar refractivity (Wildman–Crippen MR) is 133 cm³/mol. The van der Waals surface area contributed by atoms with Gasteiger partial charge in [0.1, 0.15) is 0 Å². The van der Waals surface area contributed by atoms with Gasteiger partial charge in [0.05, 0.1) is 12.6 Å². The maximum absolute atomic E-state index is 11.0. The van der Waals surface area contributed by atoms with E-state index < -0.39 is 6.10 Å². The smallest absolute Gasteiger partial charge is 0.0835 e. The zero-order valence-corrected chi connectivity index (χ0v) is 22.0. The van der Waals surface area contributed by atoms with Gasteiger partial charge in [0.25, 0.3) is 0 Å². The number of aliphatic imine (C=N–C) groups is 1. The van der Waals surface area contributed by atoms with Gasteiger partial charge in [-0.1, -0.05) is 85.6 Å². The minimum atomic E-state index is -0.431. The number of aliphatic hydroxyl groups is 1. The van der Waals surface area contributed by atoms with Gasteiger partial charge < -0.3 is 10.4 Å². The first-order valence-electron chi connectivity index (χ1n) is 10.7. The van der Waals surface area contributed by atoms with E-state index in [0.717, 1.165) is 42.5 Å². The Labute approximate surface area is 194 Å². The molecule has 4 atom stereocenters. The minimum absolute atomic E-state index is 0.0718. The maximum atomic E-state index is 11.0. The van der Waals surface area contributed by atoms with Gasteiger partial charge in [0.2, 0.25) is 0 Å². The standard InChI is InChI=1S/C24H38Br2N2O/c1-23(2,3)18-11-17(22(29)21(12-18)24(4,5)6)15-28-8-7-27-14-16-9-19(25)13-20(26)10-16/h9,11,13,15-16,18,21-22,27,29H,7-8,10,12,14H2,1-6H3/b28-15+. The van der Waals surface area contributed by atoms with Crippen LogP contribution in [-0.2, 0) is 0 Å². The van der Waals surface area contributed by atoms with Crippen molar-refractivity contribution in [2.75, 3.05) is 19.6 Å². The van der Waals surface area contributed by atoms with Crippen LogP contribution in [0.2, 0.25) is 0 Å². The number of nitrogens with one attached hydrogen (secondary N) is 1. The molecule has 2 aliphatic carbocycles. The first kappa shape index (κ1) is 25.0. The van der Waals surface area contributed by atoms with E-state index in [4.69, 9.17) is 0 Å². The number of rotatable bonds is 6. The monoisotopic (exact) mass is 528 g/mol. The van der Waals surface area contributed by atoms with E-state index in [0.29, 0.717) is 11.8 Å².